The molecular formula is C10H20N2S. The third kappa shape index (κ3) is 3.14. The molecule has 1 aliphatic rings. The lowest BCUT2D eigenvalue weighted by Crippen LogP contribution is -2.49. The fraction of sp³-hybridized carbons (Fsp3) is 0.900. The van der Waals surface area contributed by atoms with E-state index in [-0.39, 0.29) is 0 Å². The first-order chi connectivity index (χ1) is 6.13. The number of hydrogen-bond acceptors (Lipinski definition) is 1. The molecule has 0 radical (unpaired) electrons. The van der Waals surface area contributed by atoms with Crippen LogP contribution in [0.3, 0.4) is 0 Å². The number of thiocarbonyl (C=S) groups is 1. The van der Waals surface area contributed by atoms with E-state index in [0.717, 1.165) is 23.5 Å². The van der Waals surface area contributed by atoms with Crippen LogP contribution in [0.25, 0.3) is 0 Å². The Morgan fingerprint density at radius 2 is 2.08 bits per heavy atom. The molecule has 1 fully saturated rings. The maximum Gasteiger partial charge on any atom is 0.166 e. The van der Waals surface area contributed by atoms with Gasteiger partial charge >= 0.3 is 0 Å². The van der Waals surface area contributed by atoms with E-state index in [4.69, 9.17) is 12.2 Å². The van der Waals surface area contributed by atoms with E-state index >= 15 is 0 Å². The number of nitrogens with one attached hydrogen (secondary N) is 2. The lowest BCUT2D eigenvalue weighted by molar-refractivity contribution is 0.184. The van der Waals surface area contributed by atoms with Gasteiger partial charge in [-0.3, -0.25) is 0 Å². The lowest BCUT2D eigenvalue weighted by Gasteiger charge is -2.39. The largest absolute Gasteiger partial charge is 0.363 e. The molecule has 0 spiro atoms. The summed E-state index contributed by atoms with van der Waals surface area (Å²) in [6, 6.07) is 0.624. The van der Waals surface area contributed by atoms with Gasteiger partial charge in [0.2, 0.25) is 0 Å². The van der Waals surface area contributed by atoms with Gasteiger partial charge in [0.25, 0.3) is 0 Å². The van der Waals surface area contributed by atoms with Crippen LogP contribution in [-0.2, 0) is 0 Å². The molecule has 0 aromatic rings. The van der Waals surface area contributed by atoms with E-state index in [2.05, 4.69) is 31.4 Å². The van der Waals surface area contributed by atoms with Crippen LogP contribution in [0.15, 0.2) is 0 Å². The van der Waals surface area contributed by atoms with E-state index in [1.165, 1.54) is 12.8 Å². The molecule has 76 valence electrons. The molecule has 2 nitrogen and oxygen atoms in total. The van der Waals surface area contributed by atoms with Gasteiger partial charge in [-0.2, -0.15) is 0 Å². The molecule has 0 bridgehead atoms. The Labute approximate surface area is 86.5 Å². The third-order valence-electron chi connectivity index (χ3n) is 2.79. The summed E-state index contributed by atoms with van der Waals surface area (Å²) < 4.78 is 0. The summed E-state index contributed by atoms with van der Waals surface area (Å²) in [5, 5.41) is 7.25. The Balaban J connectivity index is 2.11. The van der Waals surface area contributed by atoms with E-state index < -0.39 is 0 Å². The summed E-state index contributed by atoms with van der Waals surface area (Å²) in [5.41, 5.74) is 0. The summed E-state index contributed by atoms with van der Waals surface area (Å²) in [6.45, 7) is 7.56. The highest BCUT2D eigenvalue weighted by Gasteiger charge is 2.31. The SMILES string of the molecule is CCNC(=S)NC1CC(C(C)C)C1. The van der Waals surface area contributed by atoms with Crippen molar-refractivity contribution in [3.05, 3.63) is 0 Å². The molecule has 1 saturated carbocycles. The minimum atomic E-state index is 0.624. The van der Waals surface area contributed by atoms with Crippen molar-refractivity contribution in [3.8, 4) is 0 Å². The van der Waals surface area contributed by atoms with Crippen LogP contribution in [0.4, 0.5) is 0 Å². The van der Waals surface area contributed by atoms with Gasteiger partial charge in [-0.15, -0.1) is 0 Å². The summed E-state index contributed by atoms with van der Waals surface area (Å²) in [4.78, 5) is 0. The smallest absolute Gasteiger partial charge is 0.166 e. The Morgan fingerprint density at radius 3 is 2.54 bits per heavy atom. The van der Waals surface area contributed by atoms with Crippen LogP contribution in [0, 0.1) is 11.8 Å². The molecule has 0 aromatic carbocycles. The average molecular weight is 200 g/mol. The Kier molecular flexibility index (Phi) is 3.97. The van der Waals surface area contributed by atoms with Gasteiger partial charge in [-0.05, 0) is 43.8 Å². The van der Waals surface area contributed by atoms with Crippen molar-refractivity contribution in [2.75, 3.05) is 6.54 Å². The summed E-state index contributed by atoms with van der Waals surface area (Å²) in [6.07, 6.45) is 2.56. The van der Waals surface area contributed by atoms with Crippen molar-refractivity contribution in [1.29, 1.82) is 0 Å². The fourth-order valence-corrected chi connectivity index (χ4v) is 2.03. The van der Waals surface area contributed by atoms with Crippen molar-refractivity contribution in [1.82, 2.24) is 10.6 Å². The molecular weight excluding hydrogens is 180 g/mol. The summed E-state index contributed by atoms with van der Waals surface area (Å²) in [5.74, 6) is 1.73. The molecule has 13 heavy (non-hydrogen) atoms. The fourth-order valence-electron chi connectivity index (χ4n) is 1.72. The Bertz CT molecular complexity index is 174. The van der Waals surface area contributed by atoms with E-state index in [0.29, 0.717) is 6.04 Å². The average Bonchev–Trinajstić information content (AvgIpc) is 1.95. The van der Waals surface area contributed by atoms with Crippen LogP contribution in [0.5, 0.6) is 0 Å². The molecule has 0 aliphatic heterocycles. The van der Waals surface area contributed by atoms with Crippen LogP contribution < -0.4 is 10.6 Å². The highest BCUT2D eigenvalue weighted by Crippen LogP contribution is 2.33. The van der Waals surface area contributed by atoms with Crippen molar-refractivity contribution in [3.63, 3.8) is 0 Å². The molecule has 2 N–H and O–H groups in total. The van der Waals surface area contributed by atoms with E-state index in [1.807, 2.05) is 0 Å². The lowest BCUT2D eigenvalue weighted by atomic mass is 9.74. The van der Waals surface area contributed by atoms with Gasteiger partial charge in [0, 0.05) is 12.6 Å². The summed E-state index contributed by atoms with van der Waals surface area (Å²) >= 11 is 5.11. The highest BCUT2D eigenvalue weighted by atomic mass is 32.1. The maximum atomic E-state index is 5.11. The zero-order chi connectivity index (χ0) is 9.84. The normalized spacial score (nSPS) is 26.8. The minimum Gasteiger partial charge on any atom is -0.363 e. The standard InChI is InChI=1S/C10H20N2S/c1-4-11-10(13)12-9-5-8(6-9)7(2)3/h7-9H,4-6H2,1-3H3,(H2,11,12,13). The van der Waals surface area contributed by atoms with Crippen LogP contribution in [0.2, 0.25) is 0 Å². The van der Waals surface area contributed by atoms with Gasteiger partial charge < -0.3 is 10.6 Å². The molecule has 0 unspecified atom stereocenters. The number of rotatable bonds is 3. The minimum absolute atomic E-state index is 0.624. The quantitative estimate of drug-likeness (QED) is 0.681. The van der Waals surface area contributed by atoms with Gasteiger partial charge in [-0.25, -0.2) is 0 Å². The summed E-state index contributed by atoms with van der Waals surface area (Å²) in [7, 11) is 0. The van der Waals surface area contributed by atoms with Crippen molar-refractivity contribution < 1.29 is 0 Å². The van der Waals surface area contributed by atoms with Gasteiger partial charge in [0.1, 0.15) is 0 Å². The van der Waals surface area contributed by atoms with Crippen molar-refractivity contribution in [2.45, 2.75) is 39.7 Å². The first-order valence-electron chi connectivity index (χ1n) is 5.17. The Hall–Kier alpha value is -0.310. The first-order valence-corrected chi connectivity index (χ1v) is 5.58. The van der Waals surface area contributed by atoms with E-state index in [9.17, 15) is 0 Å². The van der Waals surface area contributed by atoms with Crippen LogP contribution in [-0.4, -0.2) is 17.7 Å². The molecule has 0 aromatic heterocycles. The van der Waals surface area contributed by atoms with Crippen LogP contribution >= 0.6 is 12.2 Å². The molecule has 0 heterocycles. The zero-order valence-electron chi connectivity index (χ0n) is 8.76. The molecule has 1 rings (SSSR count). The monoisotopic (exact) mass is 200 g/mol. The van der Waals surface area contributed by atoms with Gasteiger partial charge in [0.15, 0.2) is 5.11 Å². The molecule has 0 saturated heterocycles. The Morgan fingerprint density at radius 1 is 1.46 bits per heavy atom. The maximum absolute atomic E-state index is 5.11. The number of hydrogen-bond donors (Lipinski definition) is 2. The molecule has 0 amide bonds. The first kappa shape index (κ1) is 10.8. The second kappa shape index (κ2) is 4.80. The third-order valence-corrected chi connectivity index (χ3v) is 3.05. The van der Waals surface area contributed by atoms with Gasteiger partial charge in [-0.1, -0.05) is 13.8 Å². The van der Waals surface area contributed by atoms with Crippen molar-refractivity contribution in [2.24, 2.45) is 11.8 Å². The zero-order valence-corrected chi connectivity index (χ0v) is 9.58. The molecule has 1 aliphatic carbocycles. The van der Waals surface area contributed by atoms with Crippen molar-refractivity contribution >= 4 is 17.3 Å². The predicted molar refractivity (Wildman–Crippen MR) is 60.8 cm³/mol. The van der Waals surface area contributed by atoms with Crippen LogP contribution in [0.1, 0.15) is 33.6 Å². The second-order valence-corrected chi connectivity index (χ2v) is 4.58. The molecule has 3 heteroatoms. The predicted octanol–water partition coefficient (Wildman–Crippen LogP) is 1.91. The van der Waals surface area contributed by atoms with E-state index in [1.54, 1.807) is 0 Å². The van der Waals surface area contributed by atoms with Gasteiger partial charge in [0.05, 0.1) is 0 Å². The second-order valence-electron chi connectivity index (χ2n) is 4.18. The highest BCUT2D eigenvalue weighted by molar-refractivity contribution is 7.80. The topological polar surface area (TPSA) is 24.1 Å². The molecule has 0 atom stereocenters.